The summed E-state index contributed by atoms with van der Waals surface area (Å²) in [5.41, 5.74) is 1.40. The Morgan fingerprint density at radius 3 is 2.57 bits per heavy atom. The smallest absolute Gasteiger partial charge is 0.274 e. The van der Waals surface area contributed by atoms with E-state index >= 15 is 0 Å². The summed E-state index contributed by atoms with van der Waals surface area (Å²) in [5.74, 6) is 1.45. The van der Waals surface area contributed by atoms with E-state index in [1.54, 1.807) is 38.5 Å². The normalized spacial score (nSPS) is 16.3. The van der Waals surface area contributed by atoms with E-state index in [1.165, 1.54) is 18.1 Å². The maximum Gasteiger partial charge on any atom is 0.274 e. The van der Waals surface area contributed by atoms with Gasteiger partial charge in [0.2, 0.25) is 0 Å². The van der Waals surface area contributed by atoms with Gasteiger partial charge < -0.3 is 24.6 Å². The third-order valence-corrected chi connectivity index (χ3v) is 6.27. The predicted octanol–water partition coefficient (Wildman–Crippen LogP) is 3.50. The summed E-state index contributed by atoms with van der Waals surface area (Å²) in [7, 11) is 4.88. The van der Waals surface area contributed by atoms with E-state index in [-0.39, 0.29) is 23.5 Å². The molecule has 2 aromatic heterocycles. The van der Waals surface area contributed by atoms with Gasteiger partial charge in [-0.1, -0.05) is 0 Å². The summed E-state index contributed by atoms with van der Waals surface area (Å²) in [6.45, 7) is 1.33. The molecule has 1 aliphatic heterocycles. The molecule has 2 fully saturated rings. The van der Waals surface area contributed by atoms with Crippen LogP contribution in [0.3, 0.4) is 0 Å². The first-order chi connectivity index (χ1) is 16.9. The number of hydrogen-bond acceptors (Lipinski definition) is 8. The van der Waals surface area contributed by atoms with Gasteiger partial charge in [-0.25, -0.2) is 19.3 Å². The van der Waals surface area contributed by atoms with E-state index in [9.17, 15) is 9.18 Å². The predicted molar refractivity (Wildman–Crippen MR) is 131 cm³/mol. The summed E-state index contributed by atoms with van der Waals surface area (Å²) in [4.78, 5) is 30.4. The second-order valence-corrected chi connectivity index (χ2v) is 9.14. The largest absolute Gasteiger partial charge is 0.497 e. The third kappa shape index (κ3) is 4.91. The van der Waals surface area contributed by atoms with E-state index in [4.69, 9.17) is 19.4 Å². The Bertz CT molecular complexity index is 1240. The Labute approximate surface area is 203 Å². The molecule has 0 spiro atoms. The lowest BCUT2D eigenvalue weighted by atomic mass is 10.1. The topological polar surface area (TPSA) is 92.7 Å². The first-order valence-corrected chi connectivity index (χ1v) is 11.8. The van der Waals surface area contributed by atoms with Crippen LogP contribution in [0.1, 0.15) is 36.2 Å². The average Bonchev–Trinajstić information content (AvgIpc) is 3.68. The van der Waals surface area contributed by atoms with Gasteiger partial charge in [-0.3, -0.25) is 4.79 Å². The standard InChI is InChI=1S/C25H29FN6O3/c1-31(2)25(33)22-21-19(8-11-27-22)29-23(28-15-4-5-15)24(30-21)32-12-9-16(10-13-32)35-20-7-6-17(34-3)14-18(20)26/h6-8,11,14-16H,4-5,9-10,12-13H2,1-3H3,(H,28,29). The Hall–Kier alpha value is -3.69. The molecule has 1 N–H and O–H groups in total. The Morgan fingerprint density at radius 2 is 1.91 bits per heavy atom. The number of hydrogen-bond donors (Lipinski definition) is 1. The number of piperidine rings is 1. The zero-order valence-corrected chi connectivity index (χ0v) is 20.1. The van der Waals surface area contributed by atoms with Gasteiger partial charge in [0.25, 0.3) is 5.91 Å². The minimum absolute atomic E-state index is 0.116. The van der Waals surface area contributed by atoms with E-state index in [0.717, 1.165) is 18.7 Å². The van der Waals surface area contributed by atoms with Crippen LogP contribution in [-0.4, -0.2) is 72.2 Å². The van der Waals surface area contributed by atoms with Crippen LogP contribution in [0.15, 0.2) is 30.5 Å². The van der Waals surface area contributed by atoms with Crippen LogP contribution in [-0.2, 0) is 0 Å². The van der Waals surface area contributed by atoms with Crippen LogP contribution >= 0.6 is 0 Å². The number of methoxy groups -OCH3 is 1. The molecule has 10 heteroatoms. The highest BCUT2D eigenvalue weighted by Gasteiger charge is 2.29. The van der Waals surface area contributed by atoms with Gasteiger partial charge in [-0.05, 0) is 31.0 Å². The molecule has 0 atom stereocenters. The molecule has 0 bridgehead atoms. The number of nitrogens with one attached hydrogen (secondary N) is 1. The van der Waals surface area contributed by atoms with Crippen molar-refractivity contribution >= 4 is 28.6 Å². The van der Waals surface area contributed by atoms with Crippen molar-refractivity contribution in [1.82, 2.24) is 19.9 Å². The Balaban J connectivity index is 1.38. The summed E-state index contributed by atoms with van der Waals surface area (Å²) in [6, 6.07) is 6.79. The fourth-order valence-corrected chi connectivity index (χ4v) is 4.15. The zero-order valence-electron chi connectivity index (χ0n) is 20.1. The van der Waals surface area contributed by atoms with Crippen molar-refractivity contribution in [3.05, 3.63) is 42.0 Å². The van der Waals surface area contributed by atoms with Crippen molar-refractivity contribution in [2.75, 3.05) is 44.5 Å². The number of nitrogens with zero attached hydrogens (tertiary/aromatic N) is 5. The van der Waals surface area contributed by atoms with Crippen LogP contribution < -0.4 is 19.7 Å². The van der Waals surface area contributed by atoms with Gasteiger partial charge in [0.1, 0.15) is 17.4 Å². The number of anilines is 2. The summed E-state index contributed by atoms with van der Waals surface area (Å²) >= 11 is 0. The van der Waals surface area contributed by atoms with Crippen molar-refractivity contribution in [3.8, 4) is 11.5 Å². The number of amides is 1. The van der Waals surface area contributed by atoms with Gasteiger partial charge in [0, 0.05) is 58.3 Å². The quantitative estimate of drug-likeness (QED) is 0.549. The lowest BCUT2D eigenvalue weighted by Crippen LogP contribution is -2.39. The molecule has 35 heavy (non-hydrogen) atoms. The zero-order chi connectivity index (χ0) is 24.5. The number of aromatic nitrogens is 3. The van der Waals surface area contributed by atoms with Crippen LogP contribution in [0, 0.1) is 5.82 Å². The minimum atomic E-state index is -0.436. The number of carbonyl (C=O) groups is 1. The van der Waals surface area contributed by atoms with Crippen molar-refractivity contribution in [2.45, 2.75) is 37.8 Å². The fraction of sp³-hybridized carbons (Fsp3) is 0.440. The van der Waals surface area contributed by atoms with E-state index < -0.39 is 5.82 Å². The molecule has 5 rings (SSSR count). The van der Waals surface area contributed by atoms with E-state index in [0.29, 0.717) is 54.6 Å². The molecule has 0 unspecified atom stereocenters. The number of pyridine rings is 1. The summed E-state index contributed by atoms with van der Waals surface area (Å²) in [6.07, 6.45) is 5.08. The Kier molecular flexibility index (Phi) is 6.27. The number of carbonyl (C=O) groups excluding carboxylic acids is 1. The molecule has 1 amide bonds. The lowest BCUT2D eigenvalue weighted by Gasteiger charge is -2.34. The molecular weight excluding hydrogens is 451 g/mol. The minimum Gasteiger partial charge on any atom is -0.497 e. The van der Waals surface area contributed by atoms with Gasteiger partial charge in [-0.2, -0.15) is 0 Å². The number of rotatable bonds is 7. The summed E-state index contributed by atoms with van der Waals surface area (Å²) in [5, 5.41) is 3.49. The van der Waals surface area contributed by atoms with E-state index in [2.05, 4.69) is 15.2 Å². The van der Waals surface area contributed by atoms with Crippen molar-refractivity contribution in [2.24, 2.45) is 0 Å². The van der Waals surface area contributed by atoms with Gasteiger partial charge >= 0.3 is 0 Å². The number of ether oxygens (including phenoxy) is 2. The maximum atomic E-state index is 14.3. The molecule has 1 saturated heterocycles. The highest BCUT2D eigenvalue weighted by Crippen LogP contribution is 2.33. The molecule has 3 heterocycles. The van der Waals surface area contributed by atoms with Crippen molar-refractivity contribution in [3.63, 3.8) is 0 Å². The monoisotopic (exact) mass is 480 g/mol. The van der Waals surface area contributed by atoms with E-state index in [1.807, 2.05) is 0 Å². The number of halogens is 1. The van der Waals surface area contributed by atoms with Crippen LogP contribution in [0.5, 0.6) is 11.5 Å². The highest BCUT2D eigenvalue weighted by atomic mass is 19.1. The van der Waals surface area contributed by atoms with Crippen LogP contribution in [0.4, 0.5) is 16.0 Å². The van der Waals surface area contributed by atoms with Crippen molar-refractivity contribution < 1.29 is 18.7 Å². The van der Waals surface area contributed by atoms with Crippen LogP contribution in [0.2, 0.25) is 0 Å². The first kappa shape index (κ1) is 23.1. The molecule has 1 saturated carbocycles. The van der Waals surface area contributed by atoms with Crippen molar-refractivity contribution in [1.29, 1.82) is 0 Å². The number of benzene rings is 1. The Morgan fingerprint density at radius 1 is 1.14 bits per heavy atom. The fourth-order valence-electron chi connectivity index (χ4n) is 4.15. The SMILES string of the molecule is COc1ccc(OC2CCN(c3nc4c(C(=O)N(C)C)nccc4nc3NC3CC3)CC2)c(F)c1. The molecular formula is C25H29FN6O3. The second kappa shape index (κ2) is 9.52. The molecule has 9 nitrogen and oxygen atoms in total. The van der Waals surface area contributed by atoms with Gasteiger partial charge in [0.05, 0.1) is 12.6 Å². The van der Waals surface area contributed by atoms with Gasteiger partial charge in [-0.15, -0.1) is 0 Å². The third-order valence-electron chi connectivity index (χ3n) is 6.27. The maximum absolute atomic E-state index is 14.3. The van der Waals surface area contributed by atoms with Crippen LogP contribution in [0.25, 0.3) is 11.0 Å². The lowest BCUT2D eigenvalue weighted by molar-refractivity contribution is 0.0824. The molecule has 1 aromatic carbocycles. The molecule has 3 aromatic rings. The summed E-state index contributed by atoms with van der Waals surface area (Å²) < 4.78 is 25.4. The average molecular weight is 481 g/mol. The highest BCUT2D eigenvalue weighted by molar-refractivity contribution is 6.03. The molecule has 2 aliphatic rings. The first-order valence-electron chi connectivity index (χ1n) is 11.8. The number of fused-ring (bicyclic) bond motifs is 1. The van der Waals surface area contributed by atoms with Gasteiger partial charge in [0.15, 0.2) is 28.9 Å². The second-order valence-electron chi connectivity index (χ2n) is 9.14. The molecule has 184 valence electrons. The molecule has 1 aliphatic carbocycles. The molecule has 0 radical (unpaired) electrons.